The first kappa shape index (κ1) is 22.3. The third-order valence-electron chi connectivity index (χ3n) is 6.30. The zero-order valence-electron chi connectivity index (χ0n) is 17.4. The Morgan fingerprint density at radius 3 is 2.45 bits per heavy atom. The van der Waals surface area contributed by atoms with E-state index in [1.807, 2.05) is 11.8 Å². The second-order valence-electron chi connectivity index (χ2n) is 7.68. The van der Waals surface area contributed by atoms with Crippen LogP contribution in [0.4, 0.5) is 0 Å². The lowest BCUT2D eigenvalue weighted by atomic mass is 9.92. The quantitative estimate of drug-likeness (QED) is 0.675. The topological polar surface area (TPSA) is 70.2 Å². The number of methoxy groups -OCH3 is 1. The highest BCUT2D eigenvalue weighted by Crippen LogP contribution is 2.34. The molecule has 2 aliphatic heterocycles. The van der Waals surface area contributed by atoms with Crippen molar-refractivity contribution >= 4 is 27.5 Å². The number of piperazine rings is 1. The SMILES string of the molecule is CCC(=O)N1CC[C@@](CC)(N2CCN(S(=O)(=O)c3cc(Cl)ccc3OC)CC2)C1. The molecule has 2 heterocycles. The van der Waals surface area contributed by atoms with Gasteiger partial charge in [0.25, 0.3) is 0 Å². The number of sulfonamides is 1. The van der Waals surface area contributed by atoms with Crippen molar-refractivity contribution in [1.82, 2.24) is 14.1 Å². The van der Waals surface area contributed by atoms with E-state index in [9.17, 15) is 13.2 Å². The molecule has 0 aliphatic carbocycles. The summed E-state index contributed by atoms with van der Waals surface area (Å²) in [5, 5.41) is 0.361. The van der Waals surface area contributed by atoms with Crippen LogP contribution in [0.15, 0.2) is 23.1 Å². The summed E-state index contributed by atoms with van der Waals surface area (Å²) >= 11 is 6.04. The van der Waals surface area contributed by atoms with Gasteiger partial charge in [-0.15, -0.1) is 0 Å². The third-order valence-corrected chi connectivity index (χ3v) is 8.45. The molecule has 9 heteroatoms. The Morgan fingerprint density at radius 2 is 1.86 bits per heavy atom. The van der Waals surface area contributed by atoms with Gasteiger partial charge in [0.1, 0.15) is 10.6 Å². The molecule has 1 aromatic carbocycles. The molecule has 2 fully saturated rings. The van der Waals surface area contributed by atoms with E-state index >= 15 is 0 Å². The van der Waals surface area contributed by atoms with Crippen molar-refractivity contribution in [3.63, 3.8) is 0 Å². The molecule has 162 valence electrons. The van der Waals surface area contributed by atoms with E-state index in [1.54, 1.807) is 12.1 Å². The fraction of sp³-hybridized carbons (Fsp3) is 0.650. The smallest absolute Gasteiger partial charge is 0.246 e. The van der Waals surface area contributed by atoms with Gasteiger partial charge in [0.15, 0.2) is 0 Å². The zero-order chi connectivity index (χ0) is 21.2. The number of ether oxygens (including phenoxy) is 1. The first-order valence-electron chi connectivity index (χ1n) is 10.1. The number of likely N-dealkylation sites (tertiary alicyclic amines) is 1. The maximum absolute atomic E-state index is 13.2. The van der Waals surface area contributed by atoms with Gasteiger partial charge in [-0.25, -0.2) is 8.42 Å². The van der Waals surface area contributed by atoms with Crippen molar-refractivity contribution in [3.05, 3.63) is 23.2 Å². The molecule has 0 unspecified atom stereocenters. The van der Waals surface area contributed by atoms with Gasteiger partial charge >= 0.3 is 0 Å². The molecular formula is C20H30ClN3O4S. The number of carbonyl (C=O) groups is 1. The summed E-state index contributed by atoms with van der Waals surface area (Å²) < 4.78 is 33.1. The van der Waals surface area contributed by atoms with Crippen molar-refractivity contribution in [2.24, 2.45) is 0 Å². The molecule has 0 radical (unpaired) electrons. The highest BCUT2D eigenvalue weighted by atomic mass is 35.5. The molecule has 2 aliphatic rings. The first-order valence-corrected chi connectivity index (χ1v) is 12.0. The van der Waals surface area contributed by atoms with Gasteiger partial charge in [-0.05, 0) is 31.0 Å². The lowest BCUT2D eigenvalue weighted by molar-refractivity contribution is -0.130. The van der Waals surface area contributed by atoms with Crippen LogP contribution in [0, 0.1) is 0 Å². The van der Waals surface area contributed by atoms with Crippen molar-refractivity contribution in [3.8, 4) is 5.75 Å². The molecule has 2 saturated heterocycles. The number of benzene rings is 1. The van der Waals surface area contributed by atoms with Crippen LogP contribution >= 0.6 is 11.6 Å². The van der Waals surface area contributed by atoms with Gasteiger partial charge in [-0.1, -0.05) is 25.4 Å². The Morgan fingerprint density at radius 1 is 1.17 bits per heavy atom. The van der Waals surface area contributed by atoms with Crippen LogP contribution in [0.1, 0.15) is 33.1 Å². The van der Waals surface area contributed by atoms with E-state index in [1.165, 1.54) is 17.5 Å². The summed E-state index contributed by atoms with van der Waals surface area (Å²) in [7, 11) is -2.24. The van der Waals surface area contributed by atoms with Crippen molar-refractivity contribution < 1.29 is 17.9 Å². The van der Waals surface area contributed by atoms with Crippen LogP contribution in [0.25, 0.3) is 0 Å². The van der Waals surface area contributed by atoms with E-state index in [0.29, 0.717) is 43.4 Å². The summed E-state index contributed by atoms with van der Waals surface area (Å²) in [6.45, 7) is 7.64. The van der Waals surface area contributed by atoms with Crippen molar-refractivity contribution in [1.29, 1.82) is 0 Å². The Balaban J connectivity index is 1.73. The fourth-order valence-electron chi connectivity index (χ4n) is 4.46. The summed E-state index contributed by atoms with van der Waals surface area (Å²) in [5.41, 5.74) is -0.0611. The predicted octanol–water partition coefficient (Wildman–Crippen LogP) is 2.45. The third kappa shape index (κ3) is 4.26. The van der Waals surface area contributed by atoms with Crippen LogP contribution in [0.3, 0.4) is 0 Å². The number of amides is 1. The minimum atomic E-state index is -3.70. The number of carbonyl (C=O) groups excluding carboxylic acids is 1. The molecule has 0 spiro atoms. The van der Waals surface area contributed by atoms with Gasteiger partial charge in [-0.2, -0.15) is 4.31 Å². The lowest BCUT2D eigenvalue weighted by Crippen LogP contribution is -2.58. The maximum Gasteiger partial charge on any atom is 0.246 e. The first-order chi connectivity index (χ1) is 13.8. The largest absolute Gasteiger partial charge is 0.495 e. The second-order valence-corrected chi connectivity index (χ2v) is 10.0. The predicted molar refractivity (Wildman–Crippen MR) is 113 cm³/mol. The number of nitrogens with zero attached hydrogens (tertiary/aromatic N) is 3. The molecule has 7 nitrogen and oxygen atoms in total. The summed E-state index contributed by atoms with van der Waals surface area (Å²) in [5.74, 6) is 0.487. The van der Waals surface area contributed by atoms with Crippen molar-refractivity contribution in [2.45, 2.75) is 43.5 Å². The number of hydrogen-bond donors (Lipinski definition) is 0. The van der Waals surface area contributed by atoms with Gasteiger partial charge < -0.3 is 9.64 Å². The highest BCUT2D eigenvalue weighted by Gasteiger charge is 2.44. The molecular weight excluding hydrogens is 414 g/mol. The van der Waals surface area contributed by atoms with Crippen LogP contribution in [0.2, 0.25) is 5.02 Å². The van der Waals surface area contributed by atoms with Crippen LogP contribution in [0.5, 0.6) is 5.75 Å². The standard InChI is InChI=1S/C20H30ClN3O4S/c1-4-19(25)22-9-8-20(5-2,15-22)23-10-12-24(13-11-23)29(26,27)18-14-16(21)6-7-17(18)28-3/h6-7,14H,4-5,8-13,15H2,1-3H3/t20-/m1/s1. The van der Waals surface area contributed by atoms with Gasteiger partial charge in [0.05, 0.1) is 7.11 Å². The Bertz CT molecular complexity index is 855. The highest BCUT2D eigenvalue weighted by molar-refractivity contribution is 7.89. The minimum Gasteiger partial charge on any atom is -0.495 e. The monoisotopic (exact) mass is 443 g/mol. The molecule has 0 N–H and O–H groups in total. The Hall–Kier alpha value is -1.35. The fourth-order valence-corrected chi connectivity index (χ4v) is 6.30. The molecule has 1 aromatic rings. The van der Waals surface area contributed by atoms with Gasteiger partial charge in [0, 0.05) is 56.3 Å². The summed E-state index contributed by atoms with van der Waals surface area (Å²) in [6, 6.07) is 4.64. The molecule has 0 aromatic heterocycles. The average Bonchev–Trinajstić information content (AvgIpc) is 3.19. The van der Waals surface area contributed by atoms with Crippen LogP contribution < -0.4 is 4.74 Å². The molecule has 3 rings (SSSR count). The Labute approximate surface area is 178 Å². The van der Waals surface area contributed by atoms with E-state index < -0.39 is 10.0 Å². The molecule has 0 bridgehead atoms. The van der Waals surface area contributed by atoms with Crippen LogP contribution in [-0.2, 0) is 14.8 Å². The lowest BCUT2D eigenvalue weighted by Gasteiger charge is -2.45. The minimum absolute atomic E-state index is 0.0611. The van der Waals surface area contributed by atoms with Gasteiger partial charge in [-0.3, -0.25) is 9.69 Å². The number of rotatable bonds is 6. The van der Waals surface area contributed by atoms with E-state index in [-0.39, 0.29) is 16.3 Å². The number of hydrogen-bond acceptors (Lipinski definition) is 5. The maximum atomic E-state index is 13.2. The normalized spacial score (nSPS) is 24.1. The average molecular weight is 444 g/mol. The molecule has 1 atom stereocenters. The van der Waals surface area contributed by atoms with Crippen molar-refractivity contribution in [2.75, 3.05) is 46.4 Å². The zero-order valence-corrected chi connectivity index (χ0v) is 18.9. The van der Waals surface area contributed by atoms with Gasteiger partial charge in [0.2, 0.25) is 15.9 Å². The van der Waals surface area contributed by atoms with Crippen LogP contribution in [-0.4, -0.2) is 80.3 Å². The number of halogens is 1. The summed E-state index contributed by atoms with van der Waals surface area (Å²) in [4.78, 5) is 16.5. The molecule has 0 saturated carbocycles. The van der Waals surface area contributed by atoms with E-state index in [4.69, 9.17) is 16.3 Å². The molecule has 29 heavy (non-hydrogen) atoms. The summed E-state index contributed by atoms with van der Waals surface area (Å²) in [6.07, 6.45) is 2.40. The Kier molecular flexibility index (Phi) is 6.77. The van der Waals surface area contributed by atoms with E-state index in [2.05, 4.69) is 11.8 Å². The molecule has 1 amide bonds. The second kappa shape index (κ2) is 8.79. The van der Waals surface area contributed by atoms with E-state index in [0.717, 1.165) is 25.9 Å².